The van der Waals surface area contributed by atoms with Crippen LogP contribution in [0, 0.1) is 5.92 Å². The van der Waals surface area contributed by atoms with Gasteiger partial charge in [-0.3, -0.25) is 4.79 Å². The summed E-state index contributed by atoms with van der Waals surface area (Å²) in [7, 11) is -3.66. The Morgan fingerprint density at radius 2 is 1.96 bits per heavy atom. The van der Waals surface area contributed by atoms with Crippen LogP contribution in [0.2, 0.25) is 0 Å². The van der Waals surface area contributed by atoms with Gasteiger partial charge in [0.2, 0.25) is 10.0 Å². The highest BCUT2D eigenvalue weighted by molar-refractivity contribution is 7.89. The molecular weight excluding hydrogens is 372 g/mol. The first-order chi connectivity index (χ1) is 12.7. The summed E-state index contributed by atoms with van der Waals surface area (Å²) in [6, 6.07) is 4.16. The molecule has 0 bridgehead atoms. The van der Waals surface area contributed by atoms with Gasteiger partial charge in [0.1, 0.15) is 6.04 Å². The van der Waals surface area contributed by atoms with Crippen LogP contribution < -0.4 is 10.0 Å². The van der Waals surface area contributed by atoms with Crippen LogP contribution in [0.5, 0.6) is 0 Å². The number of carboxylic acid groups (broad SMARTS) is 1. The van der Waals surface area contributed by atoms with E-state index in [4.69, 9.17) is 4.74 Å². The SMILES string of the molecule is CCC(C)NS(=O)(=O)c1ccc(C(=O)NC(C(=O)O)C2CCCOC2)cc1. The van der Waals surface area contributed by atoms with Gasteiger partial charge in [0.05, 0.1) is 11.5 Å². The number of hydrogen-bond acceptors (Lipinski definition) is 5. The number of carbonyl (C=O) groups is 2. The molecule has 0 spiro atoms. The van der Waals surface area contributed by atoms with Crippen LogP contribution in [-0.4, -0.2) is 50.7 Å². The Kier molecular flexibility index (Phi) is 7.34. The molecule has 150 valence electrons. The highest BCUT2D eigenvalue weighted by Gasteiger charge is 2.31. The van der Waals surface area contributed by atoms with E-state index in [1.54, 1.807) is 6.92 Å². The monoisotopic (exact) mass is 398 g/mol. The minimum absolute atomic E-state index is 0.0508. The second kappa shape index (κ2) is 9.29. The van der Waals surface area contributed by atoms with Crippen LogP contribution in [0.4, 0.5) is 0 Å². The summed E-state index contributed by atoms with van der Waals surface area (Å²) in [6.45, 7) is 4.52. The minimum atomic E-state index is -3.66. The highest BCUT2D eigenvalue weighted by Crippen LogP contribution is 2.19. The standard InChI is InChI=1S/C18H26N2O6S/c1-3-12(2)20-27(24,25)15-8-6-13(7-9-15)17(21)19-16(18(22)23)14-5-4-10-26-11-14/h6-9,12,14,16,20H,3-5,10-11H2,1-2H3,(H,19,21)(H,22,23). The maximum atomic E-state index is 12.4. The van der Waals surface area contributed by atoms with Gasteiger partial charge in [0.25, 0.3) is 5.91 Å². The molecule has 3 N–H and O–H groups in total. The molecule has 8 nitrogen and oxygen atoms in total. The van der Waals surface area contributed by atoms with Crippen LogP contribution in [0.15, 0.2) is 29.2 Å². The maximum Gasteiger partial charge on any atom is 0.326 e. The summed E-state index contributed by atoms with van der Waals surface area (Å²) in [6.07, 6.45) is 2.07. The Hall–Kier alpha value is -1.97. The zero-order chi connectivity index (χ0) is 20.0. The van der Waals surface area contributed by atoms with Gasteiger partial charge in [-0.25, -0.2) is 17.9 Å². The molecule has 0 aliphatic carbocycles. The van der Waals surface area contributed by atoms with Gasteiger partial charge in [-0.2, -0.15) is 0 Å². The third-order valence-corrected chi connectivity index (χ3v) is 6.22. The largest absolute Gasteiger partial charge is 0.480 e. The molecule has 0 aromatic heterocycles. The summed E-state index contributed by atoms with van der Waals surface area (Å²) in [5, 5.41) is 11.9. The molecule has 3 unspecified atom stereocenters. The molecule has 0 saturated carbocycles. The highest BCUT2D eigenvalue weighted by atomic mass is 32.2. The van der Waals surface area contributed by atoms with Gasteiger partial charge >= 0.3 is 5.97 Å². The number of ether oxygens (including phenoxy) is 1. The van der Waals surface area contributed by atoms with E-state index in [-0.39, 0.29) is 29.0 Å². The van der Waals surface area contributed by atoms with Crippen molar-refractivity contribution in [1.29, 1.82) is 0 Å². The van der Waals surface area contributed by atoms with Crippen molar-refractivity contribution >= 4 is 21.9 Å². The molecule has 1 saturated heterocycles. The summed E-state index contributed by atoms with van der Waals surface area (Å²) in [4.78, 5) is 24.0. The molecule has 1 fully saturated rings. The third-order valence-electron chi connectivity index (χ3n) is 4.62. The number of carbonyl (C=O) groups excluding carboxylic acids is 1. The first kappa shape index (κ1) is 21.3. The van der Waals surface area contributed by atoms with Crippen molar-refractivity contribution in [3.8, 4) is 0 Å². The number of nitrogens with one attached hydrogen (secondary N) is 2. The molecule has 1 aliphatic rings. The predicted octanol–water partition coefficient (Wildman–Crippen LogP) is 1.37. The average molecular weight is 398 g/mol. The third kappa shape index (κ3) is 5.75. The predicted molar refractivity (Wildman–Crippen MR) is 98.9 cm³/mol. The van der Waals surface area contributed by atoms with Gasteiger partial charge in [-0.1, -0.05) is 6.92 Å². The Labute approximate surface area is 159 Å². The van der Waals surface area contributed by atoms with Gasteiger partial charge in [-0.15, -0.1) is 0 Å². The smallest absolute Gasteiger partial charge is 0.326 e. The second-order valence-electron chi connectivity index (χ2n) is 6.72. The van der Waals surface area contributed by atoms with Crippen LogP contribution in [0.3, 0.4) is 0 Å². The van der Waals surface area contributed by atoms with Gasteiger partial charge in [-0.05, 0) is 50.5 Å². The van der Waals surface area contributed by atoms with Crippen LogP contribution >= 0.6 is 0 Å². The Morgan fingerprint density at radius 3 is 2.48 bits per heavy atom. The lowest BCUT2D eigenvalue weighted by Gasteiger charge is -2.28. The summed E-state index contributed by atoms with van der Waals surface area (Å²) >= 11 is 0. The van der Waals surface area contributed by atoms with E-state index in [1.165, 1.54) is 24.3 Å². The Bertz CT molecular complexity index is 757. The average Bonchev–Trinajstić information content (AvgIpc) is 2.66. The van der Waals surface area contributed by atoms with Crippen molar-refractivity contribution in [2.24, 2.45) is 5.92 Å². The number of aliphatic carboxylic acids is 1. The normalized spacial score (nSPS) is 19.9. The molecule has 1 aliphatic heterocycles. The van der Waals surface area contributed by atoms with E-state index in [9.17, 15) is 23.1 Å². The number of hydrogen-bond donors (Lipinski definition) is 3. The quantitative estimate of drug-likeness (QED) is 0.608. The van der Waals surface area contributed by atoms with Crippen molar-refractivity contribution < 1.29 is 27.9 Å². The lowest BCUT2D eigenvalue weighted by Crippen LogP contribution is -2.48. The summed E-state index contributed by atoms with van der Waals surface area (Å²) < 4.78 is 32.4. The van der Waals surface area contributed by atoms with E-state index in [0.717, 1.165) is 6.42 Å². The fraction of sp³-hybridized carbons (Fsp3) is 0.556. The molecule has 1 aromatic carbocycles. The van der Waals surface area contributed by atoms with E-state index in [1.807, 2.05) is 6.92 Å². The zero-order valence-electron chi connectivity index (χ0n) is 15.5. The second-order valence-corrected chi connectivity index (χ2v) is 8.44. The van der Waals surface area contributed by atoms with Crippen molar-refractivity contribution in [3.63, 3.8) is 0 Å². The topological polar surface area (TPSA) is 122 Å². The van der Waals surface area contributed by atoms with E-state index in [0.29, 0.717) is 19.4 Å². The van der Waals surface area contributed by atoms with Crippen LogP contribution in [-0.2, 0) is 19.6 Å². The van der Waals surface area contributed by atoms with E-state index in [2.05, 4.69) is 10.0 Å². The molecular formula is C18H26N2O6S. The Balaban J connectivity index is 2.09. The van der Waals surface area contributed by atoms with Crippen LogP contribution in [0.1, 0.15) is 43.5 Å². The first-order valence-electron chi connectivity index (χ1n) is 8.98. The van der Waals surface area contributed by atoms with Crippen molar-refractivity contribution in [2.75, 3.05) is 13.2 Å². The van der Waals surface area contributed by atoms with Crippen LogP contribution in [0.25, 0.3) is 0 Å². The number of carboxylic acids is 1. The molecule has 0 radical (unpaired) electrons. The van der Waals surface area contributed by atoms with Gasteiger partial charge < -0.3 is 15.2 Å². The number of rotatable bonds is 8. The fourth-order valence-corrected chi connectivity index (χ4v) is 4.16. The number of amides is 1. The number of benzene rings is 1. The first-order valence-corrected chi connectivity index (χ1v) is 10.5. The molecule has 27 heavy (non-hydrogen) atoms. The van der Waals surface area contributed by atoms with Gasteiger partial charge in [0.15, 0.2) is 0 Å². The fourth-order valence-electron chi connectivity index (χ4n) is 2.84. The summed E-state index contributed by atoms with van der Waals surface area (Å²) in [5.41, 5.74) is 0.195. The van der Waals surface area contributed by atoms with E-state index < -0.39 is 27.9 Å². The minimum Gasteiger partial charge on any atom is -0.480 e. The lowest BCUT2D eigenvalue weighted by atomic mass is 9.93. The van der Waals surface area contributed by atoms with Crippen molar-refractivity contribution in [3.05, 3.63) is 29.8 Å². The maximum absolute atomic E-state index is 12.4. The van der Waals surface area contributed by atoms with Crippen molar-refractivity contribution in [2.45, 2.75) is 50.1 Å². The molecule has 9 heteroatoms. The summed E-state index contributed by atoms with van der Waals surface area (Å²) in [5.74, 6) is -1.97. The molecule has 1 heterocycles. The van der Waals surface area contributed by atoms with Crippen molar-refractivity contribution in [1.82, 2.24) is 10.0 Å². The van der Waals surface area contributed by atoms with Gasteiger partial charge in [0, 0.05) is 24.1 Å². The van der Waals surface area contributed by atoms with E-state index >= 15 is 0 Å². The zero-order valence-corrected chi connectivity index (χ0v) is 16.3. The molecule has 1 aromatic rings. The lowest BCUT2D eigenvalue weighted by molar-refractivity contribution is -0.142. The molecule has 2 rings (SSSR count). The molecule has 3 atom stereocenters. The molecule has 1 amide bonds. The Morgan fingerprint density at radius 1 is 1.30 bits per heavy atom. The number of sulfonamides is 1.